The first kappa shape index (κ1) is 14.0. The molecule has 0 aromatic heterocycles. The molecular weight excluding hydrogens is 287 g/mol. The predicted molar refractivity (Wildman–Crippen MR) is 82.4 cm³/mol. The second kappa shape index (κ2) is 5.45. The van der Waals surface area contributed by atoms with Gasteiger partial charge in [-0.25, -0.2) is 0 Å². The van der Waals surface area contributed by atoms with Crippen LogP contribution in [-0.2, 0) is 11.2 Å². The predicted octanol–water partition coefficient (Wildman–Crippen LogP) is 3.24. The molecule has 0 spiro atoms. The minimum Gasteiger partial charge on any atom is -0.496 e. The molecule has 110 valence electrons. The Kier molecular flexibility index (Phi) is 3.64. The summed E-state index contributed by atoms with van der Waals surface area (Å²) in [5.74, 6) is 1.82. The summed E-state index contributed by atoms with van der Waals surface area (Å²) in [6.45, 7) is 2.14. The number of methoxy groups -OCH3 is 1. The highest BCUT2D eigenvalue weighted by atomic mass is 31.2. The zero-order chi connectivity index (χ0) is 14.9. The van der Waals surface area contributed by atoms with Crippen molar-refractivity contribution >= 4 is 12.4 Å². The van der Waals surface area contributed by atoms with Crippen molar-refractivity contribution in [3.05, 3.63) is 48.0 Å². The highest BCUT2D eigenvalue weighted by molar-refractivity contribution is 7.71. The van der Waals surface area contributed by atoms with Crippen LogP contribution in [0.5, 0.6) is 17.2 Å². The lowest BCUT2D eigenvalue weighted by Crippen LogP contribution is -2.08. The Morgan fingerprint density at radius 2 is 2.00 bits per heavy atom. The molecule has 3 rings (SSSR count). The van der Waals surface area contributed by atoms with Gasteiger partial charge in [0.2, 0.25) is 0 Å². The largest absolute Gasteiger partial charge is 0.496 e. The van der Waals surface area contributed by atoms with Gasteiger partial charge >= 0.3 is 0 Å². The Hall–Kier alpha value is -1.93. The quantitative estimate of drug-likeness (QED) is 0.813. The number of fused-ring (bicyclic) bond motifs is 1. The van der Waals surface area contributed by atoms with Crippen molar-refractivity contribution in [1.29, 1.82) is 0 Å². The monoisotopic (exact) mass is 304 g/mol. The first-order valence-electron chi connectivity index (χ1n) is 6.69. The molecule has 0 saturated carbocycles. The van der Waals surface area contributed by atoms with Crippen LogP contribution in [0.15, 0.2) is 42.5 Å². The lowest BCUT2D eigenvalue weighted by Gasteiger charge is -2.13. The number of hydrogen-bond acceptors (Lipinski definition) is 4. The van der Waals surface area contributed by atoms with Gasteiger partial charge in [0, 0.05) is 12.1 Å². The molecule has 0 fully saturated rings. The highest BCUT2D eigenvalue weighted by Gasteiger charge is 2.35. The van der Waals surface area contributed by atoms with E-state index in [0.29, 0.717) is 29.2 Å². The van der Waals surface area contributed by atoms with Crippen LogP contribution in [0.4, 0.5) is 0 Å². The molecule has 0 aliphatic carbocycles. The number of rotatable bonds is 4. The summed E-state index contributed by atoms with van der Waals surface area (Å²) in [6.07, 6.45) is 0.219. The van der Waals surface area contributed by atoms with E-state index in [1.807, 2.05) is 30.3 Å². The van der Waals surface area contributed by atoms with Crippen LogP contribution in [0.1, 0.15) is 5.56 Å². The van der Waals surface area contributed by atoms with Crippen LogP contribution in [0.2, 0.25) is 0 Å². The number of hydrogen-bond donors (Lipinski definition) is 0. The average molecular weight is 304 g/mol. The zero-order valence-electron chi connectivity index (χ0n) is 12.0. The highest BCUT2D eigenvalue weighted by Crippen LogP contribution is 2.52. The normalized spacial score (nSPS) is 19.7. The van der Waals surface area contributed by atoms with Gasteiger partial charge in [0.15, 0.2) is 7.14 Å². The van der Waals surface area contributed by atoms with Crippen molar-refractivity contribution in [1.82, 2.24) is 0 Å². The van der Waals surface area contributed by atoms with Crippen LogP contribution in [-0.4, -0.2) is 20.1 Å². The molecule has 21 heavy (non-hydrogen) atoms. The number of benzene rings is 2. The smallest absolute Gasteiger partial charge is 0.155 e. The Morgan fingerprint density at radius 1 is 1.24 bits per heavy atom. The van der Waals surface area contributed by atoms with Gasteiger partial charge in [-0.15, -0.1) is 0 Å². The molecular formula is C16H17O4P. The first-order chi connectivity index (χ1) is 10.1. The summed E-state index contributed by atoms with van der Waals surface area (Å²) in [6, 6.07) is 13.4. The summed E-state index contributed by atoms with van der Waals surface area (Å²) in [7, 11) is -0.939. The van der Waals surface area contributed by atoms with Crippen molar-refractivity contribution in [2.75, 3.05) is 20.1 Å². The van der Waals surface area contributed by atoms with Gasteiger partial charge in [-0.1, -0.05) is 30.3 Å². The molecule has 2 aromatic rings. The fourth-order valence-corrected chi connectivity index (χ4v) is 4.06. The Morgan fingerprint density at radius 3 is 2.71 bits per heavy atom. The Bertz CT molecular complexity index is 697. The van der Waals surface area contributed by atoms with E-state index in [-0.39, 0.29) is 6.35 Å². The average Bonchev–Trinajstić information content (AvgIpc) is 2.81. The molecule has 0 N–H and O–H groups in total. The molecule has 1 unspecified atom stereocenters. The van der Waals surface area contributed by atoms with Gasteiger partial charge in [0.1, 0.15) is 30.2 Å². The lowest BCUT2D eigenvalue weighted by molar-refractivity contribution is 0.304. The second-order valence-corrected chi connectivity index (χ2v) is 8.03. The molecule has 0 radical (unpaired) electrons. The van der Waals surface area contributed by atoms with E-state index < -0.39 is 7.14 Å². The maximum atomic E-state index is 12.6. The van der Waals surface area contributed by atoms with E-state index in [2.05, 4.69) is 0 Å². The molecule has 4 nitrogen and oxygen atoms in total. The third-order valence-corrected chi connectivity index (χ3v) is 5.43. The lowest BCUT2D eigenvalue weighted by atomic mass is 10.2. The summed E-state index contributed by atoms with van der Waals surface area (Å²) >= 11 is 0. The van der Waals surface area contributed by atoms with Crippen molar-refractivity contribution in [3.63, 3.8) is 0 Å². The third kappa shape index (κ3) is 2.77. The second-order valence-electron chi connectivity index (χ2n) is 5.12. The summed E-state index contributed by atoms with van der Waals surface area (Å²) in [4.78, 5) is 0. The summed E-state index contributed by atoms with van der Waals surface area (Å²) in [5, 5.41) is 0.680. The van der Waals surface area contributed by atoms with Crippen molar-refractivity contribution in [2.24, 2.45) is 0 Å². The summed E-state index contributed by atoms with van der Waals surface area (Å²) < 4.78 is 29.3. The first-order valence-corrected chi connectivity index (χ1v) is 9.03. The Balaban J connectivity index is 1.94. The maximum absolute atomic E-state index is 12.6. The minimum atomic E-state index is -2.53. The van der Waals surface area contributed by atoms with Gasteiger partial charge in [-0.05, 0) is 12.2 Å². The Labute approximate surface area is 124 Å². The van der Waals surface area contributed by atoms with Gasteiger partial charge in [0.25, 0.3) is 0 Å². The fraction of sp³-hybridized carbons (Fsp3) is 0.250. The zero-order valence-corrected chi connectivity index (χ0v) is 12.9. The minimum absolute atomic E-state index is 0.219. The van der Waals surface area contributed by atoms with Crippen LogP contribution < -0.4 is 19.5 Å². The fourth-order valence-electron chi connectivity index (χ4n) is 2.35. The topological polar surface area (TPSA) is 44.8 Å². The van der Waals surface area contributed by atoms with E-state index in [4.69, 9.17) is 14.2 Å². The molecule has 1 atom stereocenters. The van der Waals surface area contributed by atoms with E-state index >= 15 is 0 Å². The van der Waals surface area contributed by atoms with Crippen LogP contribution >= 0.6 is 7.14 Å². The van der Waals surface area contributed by atoms with Gasteiger partial charge < -0.3 is 18.8 Å². The SMILES string of the molecule is COc1cc(OCc2ccccc2)c2c(c1)OCP2(C)=O. The third-order valence-electron chi connectivity index (χ3n) is 3.43. The molecule has 0 amide bonds. The van der Waals surface area contributed by atoms with Gasteiger partial charge in [-0.3, -0.25) is 0 Å². The molecule has 1 aliphatic rings. The molecule has 2 aromatic carbocycles. The van der Waals surface area contributed by atoms with Gasteiger partial charge in [-0.2, -0.15) is 0 Å². The van der Waals surface area contributed by atoms with Crippen LogP contribution in [0.3, 0.4) is 0 Å². The van der Waals surface area contributed by atoms with Crippen molar-refractivity contribution in [3.8, 4) is 17.2 Å². The summed E-state index contributed by atoms with van der Waals surface area (Å²) in [5.41, 5.74) is 1.05. The van der Waals surface area contributed by atoms with Crippen LogP contribution in [0.25, 0.3) is 0 Å². The van der Waals surface area contributed by atoms with E-state index in [1.54, 1.807) is 25.9 Å². The van der Waals surface area contributed by atoms with Gasteiger partial charge in [0.05, 0.1) is 12.4 Å². The maximum Gasteiger partial charge on any atom is 0.155 e. The standard InChI is InChI=1S/C16H17O4P/c1-18-13-8-14(19-10-12-6-4-3-5-7-12)16-15(9-13)20-11-21(16,2)17/h3-9H,10-11H2,1-2H3. The molecule has 1 aliphatic heterocycles. The molecule has 5 heteroatoms. The van der Waals surface area contributed by atoms with Crippen molar-refractivity contribution in [2.45, 2.75) is 6.61 Å². The van der Waals surface area contributed by atoms with E-state index in [0.717, 1.165) is 5.56 Å². The molecule has 0 saturated heterocycles. The van der Waals surface area contributed by atoms with Crippen LogP contribution in [0, 0.1) is 0 Å². The number of ether oxygens (including phenoxy) is 3. The van der Waals surface area contributed by atoms with E-state index in [1.165, 1.54) is 0 Å². The van der Waals surface area contributed by atoms with Crippen molar-refractivity contribution < 1.29 is 18.8 Å². The van der Waals surface area contributed by atoms with E-state index in [9.17, 15) is 4.57 Å². The molecule has 1 heterocycles. The molecule has 0 bridgehead atoms.